The molecule has 6 nitrogen and oxygen atoms in total. The second-order valence-corrected chi connectivity index (χ2v) is 11.2. The topological polar surface area (TPSA) is 59.1 Å². The van der Waals surface area contributed by atoms with Crippen LogP contribution in [-0.4, -0.2) is 53.5 Å². The second kappa shape index (κ2) is 11.7. The van der Waals surface area contributed by atoms with Gasteiger partial charge >= 0.3 is 0 Å². The van der Waals surface area contributed by atoms with E-state index in [2.05, 4.69) is 6.92 Å². The molecule has 0 spiro atoms. The minimum atomic E-state index is -0.595. The Hall–Kier alpha value is -2.24. The fourth-order valence-corrected chi connectivity index (χ4v) is 6.22. The first-order chi connectivity index (χ1) is 16.9. The molecule has 3 fully saturated rings. The highest BCUT2D eigenvalue weighted by Gasteiger charge is 2.45. The highest BCUT2D eigenvalue weighted by molar-refractivity contribution is 5.96. The summed E-state index contributed by atoms with van der Waals surface area (Å²) in [6.45, 7) is 6.47. The maximum absolute atomic E-state index is 14.2. The molecular formula is C29H44N2O4. The third kappa shape index (κ3) is 5.95. The van der Waals surface area contributed by atoms with Crippen molar-refractivity contribution < 1.29 is 19.1 Å². The van der Waals surface area contributed by atoms with Gasteiger partial charge in [-0.25, -0.2) is 0 Å². The maximum atomic E-state index is 14.2. The number of benzene rings is 1. The third-order valence-electron chi connectivity index (χ3n) is 8.15. The Morgan fingerprint density at radius 3 is 2.14 bits per heavy atom. The standard InChI is InChI=1S/C29H44N2O4/c1-20(2)35-25-17-14-22(18-26(25)34-4)28-29(33)30(23-15-12-21(3)13-16-23)19-27(32)31(28)24-10-8-6-5-7-9-11-24/h14,17-18,20-21,23-24,28H,5-13,15-16,19H2,1-4H3. The maximum Gasteiger partial charge on any atom is 0.250 e. The van der Waals surface area contributed by atoms with E-state index < -0.39 is 6.04 Å². The monoisotopic (exact) mass is 484 g/mol. The largest absolute Gasteiger partial charge is 0.493 e. The van der Waals surface area contributed by atoms with Crippen molar-refractivity contribution >= 4 is 11.8 Å². The summed E-state index contributed by atoms with van der Waals surface area (Å²) in [5.74, 6) is 2.14. The van der Waals surface area contributed by atoms with E-state index in [9.17, 15) is 9.59 Å². The lowest BCUT2D eigenvalue weighted by molar-refractivity contribution is -0.162. The fourth-order valence-electron chi connectivity index (χ4n) is 6.22. The summed E-state index contributed by atoms with van der Waals surface area (Å²) in [5, 5.41) is 0. The van der Waals surface area contributed by atoms with Gasteiger partial charge in [0.2, 0.25) is 5.91 Å². The van der Waals surface area contributed by atoms with Gasteiger partial charge in [-0.15, -0.1) is 0 Å². The average molecular weight is 485 g/mol. The summed E-state index contributed by atoms with van der Waals surface area (Å²) in [6.07, 6.45) is 12.1. The van der Waals surface area contributed by atoms with Crippen LogP contribution in [0, 0.1) is 5.92 Å². The molecule has 1 aromatic rings. The molecule has 6 heteroatoms. The Balaban J connectivity index is 1.69. The fraction of sp³-hybridized carbons (Fsp3) is 0.724. The molecule has 2 saturated carbocycles. The van der Waals surface area contributed by atoms with Crippen LogP contribution in [0.15, 0.2) is 18.2 Å². The first-order valence-corrected chi connectivity index (χ1v) is 13.8. The van der Waals surface area contributed by atoms with E-state index in [1.807, 2.05) is 41.8 Å². The number of amides is 2. The number of nitrogens with zero attached hydrogens (tertiary/aromatic N) is 2. The van der Waals surface area contributed by atoms with Crippen molar-refractivity contribution in [3.8, 4) is 11.5 Å². The first-order valence-electron chi connectivity index (χ1n) is 13.8. The van der Waals surface area contributed by atoms with Gasteiger partial charge in [0.1, 0.15) is 12.6 Å². The molecule has 2 amide bonds. The first kappa shape index (κ1) is 25.8. The van der Waals surface area contributed by atoms with E-state index in [4.69, 9.17) is 9.47 Å². The van der Waals surface area contributed by atoms with E-state index in [1.54, 1.807) is 7.11 Å². The van der Waals surface area contributed by atoms with Crippen LogP contribution < -0.4 is 9.47 Å². The molecule has 35 heavy (non-hydrogen) atoms. The molecule has 1 saturated heterocycles. The molecule has 1 unspecified atom stereocenters. The molecule has 1 atom stereocenters. The van der Waals surface area contributed by atoms with Crippen LogP contribution in [0.2, 0.25) is 0 Å². The van der Waals surface area contributed by atoms with Gasteiger partial charge < -0.3 is 19.3 Å². The molecule has 0 N–H and O–H groups in total. The summed E-state index contributed by atoms with van der Waals surface area (Å²) in [6, 6.07) is 5.44. The van der Waals surface area contributed by atoms with Crippen molar-refractivity contribution in [3.05, 3.63) is 23.8 Å². The molecule has 3 aliphatic rings. The molecule has 1 aromatic carbocycles. The molecular weight excluding hydrogens is 440 g/mol. The van der Waals surface area contributed by atoms with Crippen LogP contribution in [0.1, 0.15) is 103 Å². The summed E-state index contributed by atoms with van der Waals surface area (Å²) in [4.78, 5) is 31.8. The van der Waals surface area contributed by atoms with E-state index in [1.165, 1.54) is 19.3 Å². The van der Waals surface area contributed by atoms with Gasteiger partial charge in [-0.2, -0.15) is 0 Å². The van der Waals surface area contributed by atoms with Crippen LogP contribution in [0.4, 0.5) is 0 Å². The Morgan fingerprint density at radius 2 is 1.51 bits per heavy atom. The van der Waals surface area contributed by atoms with Crippen molar-refractivity contribution in [1.82, 2.24) is 9.80 Å². The SMILES string of the molecule is COc1cc(C2C(=O)N(C3CCC(C)CC3)CC(=O)N2C2CCCCCCC2)ccc1OC(C)C. The van der Waals surface area contributed by atoms with Gasteiger partial charge in [0.05, 0.1) is 13.2 Å². The smallest absolute Gasteiger partial charge is 0.250 e. The Morgan fingerprint density at radius 1 is 0.857 bits per heavy atom. The minimum Gasteiger partial charge on any atom is -0.493 e. The highest BCUT2D eigenvalue weighted by Crippen LogP contribution is 2.39. The molecule has 0 bridgehead atoms. The van der Waals surface area contributed by atoms with Crippen molar-refractivity contribution in [3.63, 3.8) is 0 Å². The molecule has 1 heterocycles. The minimum absolute atomic E-state index is 0.0169. The van der Waals surface area contributed by atoms with E-state index >= 15 is 0 Å². The van der Waals surface area contributed by atoms with Gasteiger partial charge in [-0.1, -0.05) is 45.1 Å². The van der Waals surface area contributed by atoms with Gasteiger partial charge in [0.15, 0.2) is 11.5 Å². The normalized spacial score (nSPS) is 27.1. The van der Waals surface area contributed by atoms with E-state index in [0.29, 0.717) is 17.4 Å². The van der Waals surface area contributed by atoms with Gasteiger partial charge in [-0.3, -0.25) is 9.59 Å². The predicted molar refractivity (Wildman–Crippen MR) is 138 cm³/mol. The Bertz CT molecular complexity index is 869. The Labute approximate surface area is 211 Å². The summed E-state index contributed by atoms with van der Waals surface area (Å²) < 4.78 is 11.6. The van der Waals surface area contributed by atoms with E-state index in [-0.39, 0.29) is 36.5 Å². The third-order valence-corrected chi connectivity index (χ3v) is 8.15. The molecule has 1 aliphatic heterocycles. The van der Waals surface area contributed by atoms with Gasteiger partial charge in [0, 0.05) is 12.1 Å². The molecule has 2 aliphatic carbocycles. The number of hydrogen-bond acceptors (Lipinski definition) is 4. The second-order valence-electron chi connectivity index (χ2n) is 11.2. The average Bonchev–Trinajstić information content (AvgIpc) is 2.81. The van der Waals surface area contributed by atoms with Crippen LogP contribution in [0.25, 0.3) is 0 Å². The van der Waals surface area contributed by atoms with Crippen molar-refractivity contribution in [2.75, 3.05) is 13.7 Å². The number of ether oxygens (including phenoxy) is 2. The molecule has 0 radical (unpaired) electrons. The zero-order chi connectivity index (χ0) is 24.9. The Kier molecular flexibility index (Phi) is 8.61. The number of hydrogen-bond donors (Lipinski definition) is 0. The van der Waals surface area contributed by atoms with Crippen LogP contribution in [0.5, 0.6) is 11.5 Å². The van der Waals surface area contributed by atoms with Gasteiger partial charge in [0.25, 0.3) is 5.91 Å². The lowest BCUT2D eigenvalue weighted by Crippen LogP contribution is -2.61. The zero-order valence-corrected chi connectivity index (χ0v) is 22.1. The van der Waals surface area contributed by atoms with Crippen molar-refractivity contribution in [2.24, 2.45) is 5.92 Å². The van der Waals surface area contributed by atoms with Crippen LogP contribution >= 0.6 is 0 Å². The number of methoxy groups -OCH3 is 1. The summed E-state index contributed by atoms with van der Waals surface area (Å²) in [5.41, 5.74) is 0.826. The van der Waals surface area contributed by atoms with Crippen LogP contribution in [-0.2, 0) is 9.59 Å². The number of piperazine rings is 1. The van der Waals surface area contributed by atoms with Crippen LogP contribution in [0.3, 0.4) is 0 Å². The lowest BCUT2D eigenvalue weighted by Gasteiger charge is -2.48. The summed E-state index contributed by atoms with van der Waals surface area (Å²) in [7, 11) is 1.63. The zero-order valence-electron chi connectivity index (χ0n) is 22.1. The molecule has 194 valence electrons. The highest BCUT2D eigenvalue weighted by atomic mass is 16.5. The summed E-state index contributed by atoms with van der Waals surface area (Å²) >= 11 is 0. The predicted octanol–water partition coefficient (Wildman–Crippen LogP) is 5.89. The quantitative estimate of drug-likeness (QED) is 0.505. The van der Waals surface area contributed by atoms with E-state index in [0.717, 1.165) is 56.9 Å². The number of rotatable bonds is 6. The van der Waals surface area contributed by atoms with Crippen molar-refractivity contribution in [2.45, 2.75) is 116 Å². The molecule has 4 rings (SSSR count). The van der Waals surface area contributed by atoms with Gasteiger partial charge in [-0.05, 0) is 76.0 Å². The number of carbonyl (C=O) groups is 2. The lowest BCUT2D eigenvalue weighted by atomic mass is 9.85. The molecule has 0 aromatic heterocycles. The van der Waals surface area contributed by atoms with Crippen molar-refractivity contribution in [1.29, 1.82) is 0 Å². The number of carbonyl (C=O) groups excluding carboxylic acids is 2.